The summed E-state index contributed by atoms with van der Waals surface area (Å²) in [5.74, 6) is -2.10. The number of nitrogens with zero attached hydrogens (tertiary/aromatic N) is 3. The highest BCUT2D eigenvalue weighted by Crippen LogP contribution is 2.47. The molecule has 0 spiro atoms. The van der Waals surface area contributed by atoms with E-state index in [4.69, 9.17) is 9.57 Å². The molecule has 0 radical (unpaired) electrons. The van der Waals surface area contributed by atoms with Gasteiger partial charge < -0.3 is 4.74 Å². The molecule has 2 amide bonds. The predicted molar refractivity (Wildman–Crippen MR) is 143 cm³/mol. The fourth-order valence-electron chi connectivity index (χ4n) is 5.00. The molecule has 4 aromatic carbocycles. The third-order valence-electron chi connectivity index (χ3n) is 6.89. The molecule has 4 aromatic rings. The first-order chi connectivity index (χ1) is 19.4. The molecule has 2 aliphatic rings. The Morgan fingerprint density at radius 2 is 1.40 bits per heavy atom. The SMILES string of the molecule is O=C(Oc1ccc([C@H]2[C@H]3C(=O)N(c4ccc([N+](=O)[O-])cc4)C(=O)[C@H]3ON2c2ccccc2)cc1)c1ccccc1. The summed E-state index contributed by atoms with van der Waals surface area (Å²) in [6.07, 6.45) is -1.09. The zero-order valence-electron chi connectivity index (χ0n) is 20.8. The van der Waals surface area contributed by atoms with Crippen molar-refractivity contribution in [1.29, 1.82) is 0 Å². The summed E-state index contributed by atoms with van der Waals surface area (Å²) in [4.78, 5) is 57.3. The second-order valence-corrected chi connectivity index (χ2v) is 9.27. The van der Waals surface area contributed by atoms with Crippen molar-refractivity contribution in [1.82, 2.24) is 0 Å². The Labute approximate surface area is 228 Å². The average molecular weight is 536 g/mol. The molecule has 10 nitrogen and oxygen atoms in total. The number of imide groups is 1. The lowest BCUT2D eigenvalue weighted by Gasteiger charge is -2.28. The molecule has 10 heteroatoms. The lowest BCUT2D eigenvalue weighted by Crippen LogP contribution is -2.37. The molecular formula is C30H21N3O7. The number of non-ortho nitro benzene ring substituents is 1. The molecular weight excluding hydrogens is 514 g/mol. The van der Waals surface area contributed by atoms with Crippen LogP contribution in [0.5, 0.6) is 5.75 Å². The summed E-state index contributed by atoms with van der Waals surface area (Å²) in [7, 11) is 0. The van der Waals surface area contributed by atoms with E-state index in [1.807, 2.05) is 30.3 Å². The summed E-state index contributed by atoms with van der Waals surface area (Å²) >= 11 is 0. The number of para-hydroxylation sites is 1. The van der Waals surface area contributed by atoms with Crippen LogP contribution in [0.15, 0.2) is 109 Å². The molecule has 0 aliphatic carbocycles. The molecule has 0 aromatic heterocycles. The standard InChI is InChI=1S/C30H21N3O7/c34-28-25-26(19-11-17-24(18-12-19)39-30(36)20-7-3-1-4-8-20)32(22-9-5-2-6-10-22)40-27(25)29(35)31(28)21-13-15-23(16-14-21)33(37)38/h1-18,25-27H/t25-,26+,27+/m1/s1. The molecule has 0 bridgehead atoms. The number of nitro benzene ring substituents is 1. The van der Waals surface area contributed by atoms with E-state index in [0.717, 1.165) is 4.90 Å². The largest absolute Gasteiger partial charge is 0.423 e. The van der Waals surface area contributed by atoms with E-state index in [2.05, 4.69) is 0 Å². The maximum atomic E-state index is 13.7. The van der Waals surface area contributed by atoms with Gasteiger partial charge in [0.05, 0.1) is 27.9 Å². The number of hydrogen-bond donors (Lipinski definition) is 0. The van der Waals surface area contributed by atoms with Gasteiger partial charge in [0.1, 0.15) is 11.7 Å². The third-order valence-corrected chi connectivity index (χ3v) is 6.89. The Hall–Kier alpha value is -5.35. The average Bonchev–Trinajstić information content (AvgIpc) is 3.50. The maximum Gasteiger partial charge on any atom is 0.343 e. The van der Waals surface area contributed by atoms with Crippen LogP contribution < -0.4 is 14.7 Å². The number of hydroxylamine groups is 1. The van der Waals surface area contributed by atoms with Gasteiger partial charge in [0, 0.05) is 12.1 Å². The zero-order valence-corrected chi connectivity index (χ0v) is 20.8. The first-order valence-electron chi connectivity index (χ1n) is 12.4. The minimum atomic E-state index is -1.09. The molecule has 2 aliphatic heterocycles. The van der Waals surface area contributed by atoms with E-state index in [-0.39, 0.29) is 11.4 Å². The highest BCUT2D eigenvalue weighted by Gasteiger charge is 2.60. The van der Waals surface area contributed by atoms with Crippen LogP contribution in [0.1, 0.15) is 22.0 Å². The van der Waals surface area contributed by atoms with E-state index in [9.17, 15) is 24.5 Å². The molecule has 0 N–H and O–H groups in total. The molecule has 40 heavy (non-hydrogen) atoms. The number of ether oxygens (including phenoxy) is 1. The summed E-state index contributed by atoms with van der Waals surface area (Å²) < 4.78 is 5.49. The minimum absolute atomic E-state index is 0.152. The number of hydrogen-bond acceptors (Lipinski definition) is 8. The Kier molecular flexibility index (Phi) is 6.29. The summed E-state index contributed by atoms with van der Waals surface area (Å²) in [6, 6.07) is 29.0. The van der Waals surface area contributed by atoms with E-state index < -0.39 is 40.8 Å². The Morgan fingerprint density at radius 3 is 2.02 bits per heavy atom. The van der Waals surface area contributed by atoms with Gasteiger partial charge in [-0.3, -0.25) is 24.5 Å². The van der Waals surface area contributed by atoms with Crippen LogP contribution in [-0.2, 0) is 14.4 Å². The topological polar surface area (TPSA) is 119 Å². The van der Waals surface area contributed by atoms with Gasteiger partial charge in [0.2, 0.25) is 5.91 Å². The Balaban J connectivity index is 1.32. The number of benzene rings is 4. The van der Waals surface area contributed by atoms with E-state index in [0.29, 0.717) is 22.6 Å². The maximum absolute atomic E-state index is 13.7. The number of amides is 2. The van der Waals surface area contributed by atoms with Crippen molar-refractivity contribution in [2.24, 2.45) is 5.92 Å². The van der Waals surface area contributed by atoms with Gasteiger partial charge in [0.25, 0.3) is 11.6 Å². The van der Waals surface area contributed by atoms with Gasteiger partial charge in [-0.05, 0) is 54.1 Å². The van der Waals surface area contributed by atoms with Crippen LogP contribution in [0.3, 0.4) is 0 Å². The fraction of sp³-hybridized carbons (Fsp3) is 0.100. The second kappa shape index (κ2) is 10.1. The monoisotopic (exact) mass is 535 g/mol. The van der Waals surface area contributed by atoms with E-state index in [1.54, 1.807) is 59.7 Å². The van der Waals surface area contributed by atoms with Gasteiger partial charge in [-0.2, -0.15) is 0 Å². The molecule has 0 unspecified atom stereocenters. The van der Waals surface area contributed by atoms with Crippen molar-refractivity contribution >= 4 is 34.8 Å². The summed E-state index contributed by atoms with van der Waals surface area (Å²) in [5, 5.41) is 12.6. The molecule has 2 saturated heterocycles. The number of esters is 1. The van der Waals surface area contributed by atoms with Crippen LogP contribution in [0, 0.1) is 16.0 Å². The number of nitro groups is 1. The molecule has 2 fully saturated rings. The van der Waals surface area contributed by atoms with Crippen molar-refractivity contribution < 1.29 is 28.9 Å². The molecule has 198 valence electrons. The van der Waals surface area contributed by atoms with Crippen molar-refractivity contribution in [3.05, 3.63) is 130 Å². The van der Waals surface area contributed by atoms with Crippen LogP contribution in [-0.4, -0.2) is 28.8 Å². The minimum Gasteiger partial charge on any atom is -0.423 e. The van der Waals surface area contributed by atoms with Crippen LogP contribution >= 0.6 is 0 Å². The number of rotatable bonds is 6. The van der Waals surface area contributed by atoms with Gasteiger partial charge in [0.15, 0.2) is 6.10 Å². The van der Waals surface area contributed by atoms with Crippen LogP contribution in [0.4, 0.5) is 17.1 Å². The first-order valence-corrected chi connectivity index (χ1v) is 12.4. The second-order valence-electron chi connectivity index (χ2n) is 9.27. The molecule has 0 saturated carbocycles. The molecule has 2 heterocycles. The highest BCUT2D eigenvalue weighted by atomic mass is 16.7. The lowest BCUT2D eigenvalue weighted by atomic mass is 9.90. The van der Waals surface area contributed by atoms with Crippen LogP contribution in [0.25, 0.3) is 0 Å². The Bertz CT molecular complexity index is 1590. The van der Waals surface area contributed by atoms with Gasteiger partial charge in [-0.1, -0.05) is 48.5 Å². The predicted octanol–water partition coefficient (Wildman–Crippen LogP) is 4.87. The molecule has 3 atom stereocenters. The summed E-state index contributed by atoms with van der Waals surface area (Å²) in [5.41, 5.74) is 1.81. The van der Waals surface area contributed by atoms with Crippen molar-refractivity contribution in [2.45, 2.75) is 12.1 Å². The van der Waals surface area contributed by atoms with E-state index >= 15 is 0 Å². The molecule has 6 rings (SSSR count). The Morgan fingerprint density at radius 1 is 0.775 bits per heavy atom. The number of carbonyl (C=O) groups is 3. The van der Waals surface area contributed by atoms with Gasteiger partial charge >= 0.3 is 5.97 Å². The normalized spacial score (nSPS) is 19.9. The van der Waals surface area contributed by atoms with Crippen molar-refractivity contribution in [3.8, 4) is 5.75 Å². The van der Waals surface area contributed by atoms with Crippen molar-refractivity contribution in [3.63, 3.8) is 0 Å². The fourth-order valence-corrected chi connectivity index (χ4v) is 5.00. The zero-order chi connectivity index (χ0) is 27.8. The number of anilines is 2. The van der Waals surface area contributed by atoms with Crippen molar-refractivity contribution in [2.75, 3.05) is 9.96 Å². The highest BCUT2D eigenvalue weighted by molar-refractivity contribution is 6.24. The van der Waals surface area contributed by atoms with Gasteiger partial charge in [-0.15, -0.1) is 0 Å². The smallest absolute Gasteiger partial charge is 0.343 e. The number of fused-ring (bicyclic) bond motifs is 1. The quantitative estimate of drug-likeness (QED) is 0.113. The summed E-state index contributed by atoms with van der Waals surface area (Å²) in [6.45, 7) is 0. The van der Waals surface area contributed by atoms with E-state index in [1.165, 1.54) is 24.3 Å². The lowest BCUT2D eigenvalue weighted by molar-refractivity contribution is -0.384. The number of carbonyl (C=O) groups excluding carboxylic acids is 3. The third kappa shape index (κ3) is 4.36. The first kappa shape index (κ1) is 25.0. The van der Waals surface area contributed by atoms with Crippen LogP contribution in [0.2, 0.25) is 0 Å². The van der Waals surface area contributed by atoms with Gasteiger partial charge in [-0.25, -0.2) is 14.8 Å².